The number of carbonyl (C=O) groups is 2. The van der Waals surface area contributed by atoms with Crippen LogP contribution in [0.15, 0.2) is 36.5 Å². The van der Waals surface area contributed by atoms with Gasteiger partial charge in [-0.1, -0.05) is 30.3 Å². The van der Waals surface area contributed by atoms with Crippen molar-refractivity contribution >= 4 is 24.2 Å². The minimum Gasteiger partial charge on any atom is -0.479 e. The number of aliphatic carboxylic acids is 2. The van der Waals surface area contributed by atoms with Crippen molar-refractivity contribution in [2.75, 3.05) is 0 Å². The summed E-state index contributed by atoms with van der Waals surface area (Å²) < 4.78 is 0. The van der Waals surface area contributed by atoms with Crippen LogP contribution in [0.25, 0.3) is 12.3 Å². The first kappa shape index (κ1) is 16.4. The lowest BCUT2D eigenvalue weighted by atomic mass is 10.2. The zero-order valence-electron chi connectivity index (χ0n) is 10.9. The smallest absolute Gasteiger partial charge is 0.335 e. The average Bonchev–Trinajstić information content (AvgIpc) is 2.71. The molecule has 21 heavy (non-hydrogen) atoms. The zero-order valence-corrected chi connectivity index (χ0v) is 10.9. The molecule has 1 aliphatic rings. The van der Waals surface area contributed by atoms with Gasteiger partial charge in [0.05, 0.1) is 0 Å². The van der Waals surface area contributed by atoms with Crippen LogP contribution in [0, 0.1) is 0 Å². The number of nitrogens with one attached hydrogen (secondary N) is 1. The van der Waals surface area contributed by atoms with E-state index >= 15 is 0 Å². The topological polar surface area (TPSA) is 127 Å². The van der Waals surface area contributed by atoms with Gasteiger partial charge in [0.25, 0.3) is 0 Å². The molecule has 0 aliphatic carbocycles. The summed E-state index contributed by atoms with van der Waals surface area (Å²) in [4.78, 5) is 19.5. The average molecular weight is 293 g/mol. The molecule has 7 heteroatoms. The van der Waals surface area contributed by atoms with E-state index in [9.17, 15) is 9.59 Å². The number of rotatable bonds is 3. The van der Waals surface area contributed by atoms with Gasteiger partial charge in [0.15, 0.2) is 12.2 Å². The van der Waals surface area contributed by atoms with Crippen LogP contribution >= 0.6 is 0 Å². The minimum atomic E-state index is -2.27. The number of fused-ring (bicyclic) bond motifs is 1. The van der Waals surface area contributed by atoms with Crippen molar-refractivity contribution in [3.05, 3.63) is 47.0 Å². The Morgan fingerprint density at radius 3 is 2.00 bits per heavy atom. The van der Waals surface area contributed by atoms with Gasteiger partial charge in [-0.3, -0.25) is 0 Å². The van der Waals surface area contributed by atoms with Crippen LogP contribution in [0.3, 0.4) is 0 Å². The van der Waals surface area contributed by atoms with Gasteiger partial charge >= 0.3 is 11.9 Å². The molecule has 0 radical (unpaired) electrons. The molecule has 1 aromatic rings. The van der Waals surface area contributed by atoms with Crippen molar-refractivity contribution < 1.29 is 30.0 Å². The zero-order chi connectivity index (χ0) is 15.8. The Morgan fingerprint density at radius 2 is 1.48 bits per heavy atom. The third-order valence-corrected chi connectivity index (χ3v) is 2.51. The summed E-state index contributed by atoms with van der Waals surface area (Å²) >= 11 is 0. The fourth-order valence-corrected chi connectivity index (χ4v) is 1.41. The van der Waals surface area contributed by atoms with Gasteiger partial charge < -0.3 is 25.7 Å². The second kappa shape index (κ2) is 7.83. The first-order valence-corrected chi connectivity index (χ1v) is 5.93. The highest BCUT2D eigenvalue weighted by Gasteiger charge is 2.29. The van der Waals surface area contributed by atoms with Crippen molar-refractivity contribution in [1.29, 1.82) is 0 Å². The first-order chi connectivity index (χ1) is 9.93. The fraction of sp³-hybridized carbons (Fsp3) is 0.143. The van der Waals surface area contributed by atoms with Crippen LogP contribution in [-0.4, -0.2) is 44.6 Å². The maximum absolute atomic E-state index is 9.77. The van der Waals surface area contributed by atoms with Crippen LogP contribution in [0.4, 0.5) is 0 Å². The van der Waals surface area contributed by atoms with Gasteiger partial charge in [0.2, 0.25) is 0 Å². The minimum absolute atomic E-state index is 1.23. The second-order valence-corrected chi connectivity index (χ2v) is 4.03. The van der Waals surface area contributed by atoms with E-state index in [1.54, 1.807) is 0 Å². The molecular weight excluding hydrogens is 278 g/mol. The Kier molecular flexibility index (Phi) is 6.12. The van der Waals surface area contributed by atoms with E-state index in [1.165, 1.54) is 10.4 Å². The lowest BCUT2D eigenvalue weighted by molar-refractivity contribution is -0.165. The number of aliphatic hydroxyl groups is 2. The van der Waals surface area contributed by atoms with Gasteiger partial charge in [-0.25, -0.2) is 9.59 Å². The van der Waals surface area contributed by atoms with Crippen LogP contribution in [0.1, 0.15) is 0 Å². The summed E-state index contributed by atoms with van der Waals surface area (Å²) in [6.45, 7) is 0. The number of benzene rings is 1. The Balaban J connectivity index is 0.000000212. The van der Waals surface area contributed by atoms with Gasteiger partial charge in [0.1, 0.15) is 0 Å². The highest BCUT2D eigenvalue weighted by atomic mass is 16.4. The number of carboxylic acids is 2. The lowest BCUT2D eigenvalue weighted by Crippen LogP contribution is -2.39. The number of hydrogen-bond acceptors (Lipinski definition) is 5. The molecule has 0 bridgehead atoms. The van der Waals surface area contributed by atoms with Crippen molar-refractivity contribution in [2.24, 2.45) is 0 Å². The Labute approximate surface area is 119 Å². The van der Waals surface area contributed by atoms with Crippen LogP contribution in [0.2, 0.25) is 0 Å². The van der Waals surface area contributed by atoms with Crippen LogP contribution in [-0.2, 0) is 9.59 Å². The summed E-state index contributed by atoms with van der Waals surface area (Å²) in [7, 11) is 0. The molecule has 0 spiro atoms. The summed E-state index contributed by atoms with van der Waals surface area (Å²) in [6, 6.07) is 8.27. The summed E-state index contributed by atoms with van der Waals surface area (Å²) in [5.74, 6) is -3.54. The van der Waals surface area contributed by atoms with Gasteiger partial charge in [-0.2, -0.15) is 0 Å². The molecule has 1 aromatic carbocycles. The van der Waals surface area contributed by atoms with E-state index < -0.39 is 24.1 Å². The second-order valence-electron chi connectivity index (χ2n) is 4.03. The van der Waals surface area contributed by atoms with E-state index in [1.807, 2.05) is 30.6 Å². The monoisotopic (exact) mass is 293 g/mol. The molecule has 0 fully saturated rings. The van der Waals surface area contributed by atoms with Crippen molar-refractivity contribution in [1.82, 2.24) is 5.32 Å². The standard InChI is InChI=1S/C10H9N.C4H6O6/c1-2-5-10-8-11-7-3-6-9(10)4-1;5-1(3(7)8)2(6)4(9)10/h1-8,11H;1-2,5-6H,(H,7,8)(H,9,10)/t;1-,2-/m.1/s1. The molecule has 112 valence electrons. The van der Waals surface area contributed by atoms with E-state index in [0.29, 0.717) is 0 Å². The summed E-state index contributed by atoms with van der Waals surface area (Å²) in [5.41, 5.74) is 0. The van der Waals surface area contributed by atoms with Crippen LogP contribution < -0.4 is 15.8 Å². The highest BCUT2D eigenvalue weighted by Crippen LogP contribution is 1.92. The van der Waals surface area contributed by atoms with E-state index in [4.69, 9.17) is 20.4 Å². The molecule has 2 rings (SSSR count). The quantitative estimate of drug-likeness (QED) is 0.445. The molecule has 0 unspecified atom stereocenters. The van der Waals surface area contributed by atoms with Gasteiger partial charge in [0, 0.05) is 12.4 Å². The predicted octanol–water partition coefficient (Wildman–Crippen LogP) is -1.80. The largest absolute Gasteiger partial charge is 0.479 e. The molecule has 1 aliphatic heterocycles. The maximum Gasteiger partial charge on any atom is 0.335 e. The van der Waals surface area contributed by atoms with Gasteiger partial charge in [-0.05, 0) is 16.5 Å². The van der Waals surface area contributed by atoms with Crippen molar-refractivity contribution in [3.8, 4) is 0 Å². The molecule has 0 saturated carbocycles. The highest BCUT2D eigenvalue weighted by molar-refractivity contribution is 5.83. The number of carboxylic acid groups (broad SMARTS) is 2. The van der Waals surface area contributed by atoms with E-state index in [0.717, 1.165) is 0 Å². The molecule has 2 atom stereocenters. The van der Waals surface area contributed by atoms with Crippen LogP contribution in [0.5, 0.6) is 0 Å². The number of allylic oxidation sites excluding steroid dienone is 1. The molecule has 5 N–H and O–H groups in total. The number of hydrogen-bond donors (Lipinski definition) is 5. The SMILES string of the molecule is C1=CNC=c2ccccc2=C1.O=C(O)[C@H](O)[C@@H](O)C(=O)O. The Morgan fingerprint density at radius 1 is 0.952 bits per heavy atom. The van der Waals surface area contributed by atoms with Crippen molar-refractivity contribution in [3.63, 3.8) is 0 Å². The van der Waals surface area contributed by atoms with Gasteiger partial charge in [-0.15, -0.1) is 0 Å². The molecule has 7 nitrogen and oxygen atoms in total. The maximum atomic E-state index is 9.77. The molecule has 0 saturated heterocycles. The third-order valence-electron chi connectivity index (χ3n) is 2.51. The number of aliphatic hydroxyl groups excluding tert-OH is 2. The van der Waals surface area contributed by atoms with E-state index in [2.05, 4.69) is 23.5 Å². The summed E-state index contributed by atoms with van der Waals surface area (Å²) in [5, 5.41) is 38.1. The molecule has 0 amide bonds. The first-order valence-electron chi connectivity index (χ1n) is 5.93. The third kappa shape index (κ3) is 5.09. The molecule has 0 aromatic heterocycles. The van der Waals surface area contributed by atoms with E-state index in [-0.39, 0.29) is 0 Å². The summed E-state index contributed by atoms with van der Waals surface area (Å²) in [6.07, 6.45) is 3.47. The molecular formula is C14H15NO6. The Hall–Kier alpha value is -2.64. The van der Waals surface area contributed by atoms with Crippen molar-refractivity contribution in [2.45, 2.75) is 12.2 Å². The normalized spacial score (nSPS) is 14.6. The fourth-order valence-electron chi connectivity index (χ4n) is 1.41. The predicted molar refractivity (Wildman–Crippen MR) is 74.2 cm³/mol. The molecule has 1 heterocycles. The Bertz CT molecular complexity index is 634. The lowest BCUT2D eigenvalue weighted by Gasteiger charge is -2.07.